The van der Waals surface area contributed by atoms with Gasteiger partial charge < -0.3 is 10.4 Å². The summed E-state index contributed by atoms with van der Waals surface area (Å²) in [5, 5.41) is 15.9. The first-order valence-corrected chi connectivity index (χ1v) is 5.04. The van der Waals surface area contributed by atoms with Gasteiger partial charge in [-0.15, -0.1) is 0 Å². The summed E-state index contributed by atoms with van der Waals surface area (Å²) in [6.45, 7) is 2.86. The van der Waals surface area contributed by atoms with Gasteiger partial charge in [0.25, 0.3) is 0 Å². The monoisotopic (exact) mass is 220 g/mol. The van der Waals surface area contributed by atoms with E-state index in [0.29, 0.717) is 5.65 Å². The number of hydrogen-bond donors (Lipinski definition) is 2. The lowest BCUT2D eigenvalue weighted by atomic mass is 10.4. The summed E-state index contributed by atoms with van der Waals surface area (Å²) in [6.07, 6.45) is 2.61. The minimum absolute atomic E-state index is 0.00162. The van der Waals surface area contributed by atoms with Crippen LogP contribution >= 0.6 is 0 Å². The van der Waals surface area contributed by atoms with Crippen LogP contribution < -0.4 is 5.32 Å². The molecule has 2 rings (SSSR count). The molecule has 0 amide bonds. The minimum atomic E-state index is -1.05. The normalized spacial score (nSPS) is 10.6. The zero-order valence-corrected chi connectivity index (χ0v) is 8.84. The van der Waals surface area contributed by atoms with E-state index in [0.717, 1.165) is 18.8 Å². The molecule has 6 heteroatoms. The van der Waals surface area contributed by atoms with Crippen molar-refractivity contribution in [2.45, 2.75) is 13.3 Å². The van der Waals surface area contributed by atoms with Crippen molar-refractivity contribution >= 4 is 17.4 Å². The minimum Gasteiger partial charge on any atom is -0.476 e. The Hall–Kier alpha value is -2.11. The van der Waals surface area contributed by atoms with Crippen LogP contribution in [0.3, 0.4) is 0 Å². The molecule has 0 bridgehead atoms. The van der Waals surface area contributed by atoms with E-state index in [2.05, 4.69) is 22.3 Å². The number of rotatable bonds is 4. The van der Waals surface area contributed by atoms with Gasteiger partial charge in [-0.1, -0.05) is 6.92 Å². The number of carbonyl (C=O) groups is 1. The molecule has 16 heavy (non-hydrogen) atoms. The Morgan fingerprint density at radius 2 is 2.44 bits per heavy atom. The Morgan fingerprint density at radius 1 is 1.62 bits per heavy atom. The molecule has 2 aromatic heterocycles. The highest BCUT2D eigenvalue weighted by Gasteiger charge is 2.11. The van der Waals surface area contributed by atoms with E-state index >= 15 is 0 Å². The van der Waals surface area contributed by atoms with Gasteiger partial charge in [0.05, 0.1) is 0 Å². The molecular formula is C10H12N4O2. The molecule has 2 aromatic rings. The summed E-state index contributed by atoms with van der Waals surface area (Å²) in [6, 6.07) is 3.21. The summed E-state index contributed by atoms with van der Waals surface area (Å²) in [4.78, 5) is 14.8. The van der Waals surface area contributed by atoms with Crippen LogP contribution in [0.5, 0.6) is 0 Å². The van der Waals surface area contributed by atoms with Crippen molar-refractivity contribution in [1.29, 1.82) is 0 Å². The highest BCUT2D eigenvalue weighted by atomic mass is 16.4. The molecule has 0 aliphatic rings. The predicted octanol–water partition coefficient (Wildman–Crippen LogP) is 1.25. The van der Waals surface area contributed by atoms with Crippen molar-refractivity contribution in [1.82, 2.24) is 14.6 Å². The third-order valence-corrected chi connectivity index (χ3v) is 2.13. The second-order valence-electron chi connectivity index (χ2n) is 3.36. The number of carboxylic acid groups (broad SMARTS) is 1. The Balaban J connectivity index is 2.45. The molecule has 0 aromatic carbocycles. The lowest BCUT2D eigenvalue weighted by molar-refractivity contribution is 0.0690. The highest BCUT2D eigenvalue weighted by molar-refractivity contribution is 5.86. The predicted molar refractivity (Wildman–Crippen MR) is 58.7 cm³/mol. The topological polar surface area (TPSA) is 79.5 Å². The van der Waals surface area contributed by atoms with E-state index in [1.165, 1.54) is 10.6 Å². The average Bonchev–Trinajstić information content (AvgIpc) is 2.70. The van der Waals surface area contributed by atoms with Crippen molar-refractivity contribution in [3.8, 4) is 0 Å². The molecular weight excluding hydrogens is 208 g/mol. The molecule has 0 saturated heterocycles. The molecule has 0 unspecified atom stereocenters. The smallest absolute Gasteiger partial charge is 0.356 e. The van der Waals surface area contributed by atoms with Crippen LogP contribution in [-0.2, 0) is 0 Å². The zero-order chi connectivity index (χ0) is 11.5. The van der Waals surface area contributed by atoms with Gasteiger partial charge in [-0.25, -0.2) is 9.78 Å². The maximum Gasteiger partial charge on any atom is 0.356 e. The van der Waals surface area contributed by atoms with Crippen LogP contribution in [0.2, 0.25) is 0 Å². The van der Waals surface area contributed by atoms with Gasteiger partial charge in [0.15, 0.2) is 11.3 Å². The molecule has 2 N–H and O–H groups in total. The summed E-state index contributed by atoms with van der Waals surface area (Å²) >= 11 is 0. The van der Waals surface area contributed by atoms with Gasteiger partial charge in [-0.3, -0.25) is 0 Å². The molecule has 0 spiro atoms. The summed E-state index contributed by atoms with van der Waals surface area (Å²) < 4.78 is 1.50. The van der Waals surface area contributed by atoms with Crippen LogP contribution in [-0.4, -0.2) is 32.2 Å². The summed E-state index contributed by atoms with van der Waals surface area (Å²) in [7, 11) is 0. The van der Waals surface area contributed by atoms with Gasteiger partial charge in [-0.05, 0) is 12.5 Å². The number of aromatic carboxylic acids is 1. The zero-order valence-electron chi connectivity index (χ0n) is 8.84. The van der Waals surface area contributed by atoms with E-state index < -0.39 is 5.97 Å². The maximum absolute atomic E-state index is 10.8. The van der Waals surface area contributed by atoms with E-state index in [4.69, 9.17) is 5.11 Å². The van der Waals surface area contributed by atoms with Crippen molar-refractivity contribution in [3.63, 3.8) is 0 Å². The Labute approximate surface area is 91.9 Å². The van der Waals surface area contributed by atoms with E-state index in [1.54, 1.807) is 12.3 Å². The second-order valence-corrected chi connectivity index (χ2v) is 3.36. The lowest BCUT2D eigenvalue weighted by Gasteiger charge is -2.05. The third kappa shape index (κ3) is 1.81. The molecule has 0 aliphatic carbocycles. The first-order valence-electron chi connectivity index (χ1n) is 5.04. The largest absolute Gasteiger partial charge is 0.476 e. The molecule has 84 valence electrons. The fourth-order valence-corrected chi connectivity index (χ4v) is 1.39. The van der Waals surface area contributed by atoms with Crippen LogP contribution in [0.25, 0.3) is 5.65 Å². The molecule has 0 aliphatic heterocycles. The fraction of sp³-hybridized carbons (Fsp3) is 0.300. The Kier molecular flexibility index (Phi) is 2.72. The Bertz CT molecular complexity index is 521. The van der Waals surface area contributed by atoms with Gasteiger partial charge in [0.1, 0.15) is 5.82 Å². The van der Waals surface area contributed by atoms with Crippen molar-refractivity contribution in [2.75, 3.05) is 11.9 Å². The first kappa shape index (κ1) is 10.4. The molecule has 6 nitrogen and oxygen atoms in total. The number of carboxylic acids is 1. The second kappa shape index (κ2) is 4.18. The van der Waals surface area contributed by atoms with Gasteiger partial charge in [-0.2, -0.15) is 9.61 Å². The number of nitrogens with zero attached hydrogens (tertiary/aromatic N) is 3. The average molecular weight is 220 g/mol. The number of anilines is 1. The maximum atomic E-state index is 10.8. The van der Waals surface area contributed by atoms with E-state index in [1.807, 2.05) is 0 Å². The highest BCUT2D eigenvalue weighted by Crippen LogP contribution is 2.11. The van der Waals surface area contributed by atoms with E-state index in [-0.39, 0.29) is 5.69 Å². The van der Waals surface area contributed by atoms with Crippen molar-refractivity contribution < 1.29 is 9.90 Å². The quantitative estimate of drug-likeness (QED) is 0.810. The molecule has 0 radical (unpaired) electrons. The van der Waals surface area contributed by atoms with Crippen LogP contribution in [0, 0.1) is 0 Å². The molecule has 0 atom stereocenters. The molecule has 0 fully saturated rings. The fourth-order valence-electron chi connectivity index (χ4n) is 1.39. The standard InChI is InChI=1S/C10H12N4O2/c1-2-4-11-8-3-5-12-9-6-7(10(15)16)13-14(8)9/h3,5-6,11H,2,4H2,1H3,(H,15,16). The Morgan fingerprint density at radius 3 is 3.12 bits per heavy atom. The molecule has 0 saturated carbocycles. The number of hydrogen-bond acceptors (Lipinski definition) is 4. The summed E-state index contributed by atoms with van der Waals surface area (Å²) in [5.41, 5.74) is 0.525. The molecule has 2 heterocycles. The van der Waals surface area contributed by atoms with Crippen molar-refractivity contribution in [2.24, 2.45) is 0 Å². The SMILES string of the molecule is CCCNc1ccnc2cc(C(=O)O)nn12. The third-order valence-electron chi connectivity index (χ3n) is 2.13. The number of nitrogens with one attached hydrogen (secondary N) is 1. The van der Waals surface area contributed by atoms with Gasteiger partial charge in [0.2, 0.25) is 0 Å². The van der Waals surface area contributed by atoms with Crippen LogP contribution in [0.15, 0.2) is 18.3 Å². The van der Waals surface area contributed by atoms with Gasteiger partial charge >= 0.3 is 5.97 Å². The van der Waals surface area contributed by atoms with Crippen LogP contribution in [0.4, 0.5) is 5.82 Å². The van der Waals surface area contributed by atoms with E-state index in [9.17, 15) is 4.79 Å². The number of aromatic nitrogens is 3. The lowest BCUT2D eigenvalue weighted by Crippen LogP contribution is -2.06. The first-order chi connectivity index (χ1) is 7.72. The summed E-state index contributed by atoms with van der Waals surface area (Å²) in [5.74, 6) is -0.300. The number of fused-ring (bicyclic) bond motifs is 1. The van der Waals surface area contributed by atoms with Crippen LogP contribution in [0.1, 0.15) is 23.8 Å². The van der Waals surface area contributed by atoms with Gasteiger partial charge in [0, 0.05) is 18.8 Å². The van der Waals surface area contributed by atoms with Crippen molar-refractivity contribution in [3.05, 3.63) is 24.0 Å².